The molecule has 0 aliphatic rings. The maximum absolute atomic E-state index is 12.9. The van der Waals surface area contributed by atoms with Crippen molar-refractivity contribution in [2.75, 3.05) is 13.2 Å². The van der Waals surface area contributed by atoms with Crippen molar-refractivity contribution >= 4 is 17.9 Å². The van der Waals surface area contributed by atoms with Gasteiger partial charge in [-0.2, -0.15) is 0 Å². The van der Waals surface area contributed by atoms with Crippen LogP contribution in [-0.4, -0.2) is 37.2 Å². The Labute approximate surface area is 509 Å². The zero-order valence-corrected chi connectivity index (χ0v) is 52.9. The van der Waals surface area contributed by atoms with E-state index in [0.717, 1.165) is 173 Å². The Morgan fingerprint density at radius 3 is 0.711 bits per heavy atom. The summed E-state index contributed by atoms with van der Waals surface area (Å²) >= 11 is 0. The molecule has 0 aliphatic heterocycles. The number of unbranched alkanes of at least 4 members (excludes halogenated alkanes) is 14. The Balaban J connectivity index is 4.41. The lowest BCUT2D eigenvalue weighted by molar-refractivity contribution is -0.167. The highest BCUT2D eigenvalue weighted by Crippen LogP contribution is 2.14. The second kappa shape index (κ2) is 68.7. The van der Waals surface area contributed by atoms with E-state index < -0.39 is 6.10 Å². The monoisotopic (exact) mass is 1140 g/mol. The van der Waals surface area contributed by atoms with E-state index in [9.17, 15) is 14.4 Å². The van der Waals surface area contributed by atoms with Gasteiger partial charge in [-0.05, 0) is 154 Å². The molecule has 462 valence electrons. The molecule has 0 N–H and O–H groups in total. The van der Waals surface area contributed by atoms with Gasteiger partial charge in [0.1, 0.15) is 13.2 Å². The van der Waals surface area contributed by atoms with Crippen molar-refractivity contribution in [1.29, 1.82) is 0 Å². The van der Waals surface area contributed by atoms with E-state index in [0.29, 0.717) is 19.3 Å². The van der Waals surface area contributed by atoms with Gasteiger partial charge in [0, 0.05) is 19.3 Å². The molecule has 6 nitrogen and oxygen atoms in total. The first kappa shape index (κ1) is 77.2. The number of carbonyl (C=O) groups excluding carboxylic acids is 3. The van der Waals surface area contributed by atoms with Gasteiger partial charge in [-0.1, -0.05) is 273 Å². The van der Waals surface area contributed by atoms with Gasteiger partial charge in [0.05, 0.1) is 0 Å². The smallest absolute Gasteiger partial charge is 0.306 e. The Hall–Kier alpha value is -5.75. The highest BCUT2D eigenvalue weighted by molar-refractivity contribution is 5.71. The standard InChI is InChI=1S/C77H118O6/c1-4-7-10-13-16-19-22-25-28-30-31-32-33-34-35-36-37-38-39-40-41-42-43-44-45-47-49-52-55-58-61-64-67-70-76(79)82-73-74(72-81-75(78)69-66-63-60-57-54-51-48-27-24-21-18-15-12-9-6-3)83-77(80)71-68-65-62-59-56-53-50-46-29-26-23-20-17-14-11-8-5-2/h7-12,16-21,25-29,31-32,34-35,37-38,40-41,43-44,48,50,53,59,62,74H,4-6,13-15,22-24,30,33,36,39,42,45-47,49,51-52,54-58,60-61,63-73H2,1-3H3/b10-7-,11-8-,12-9-,19-16-,20-17-,21-18-,28-25-,29-26-,32-31-,35-34-,38-37-,41-40-,44-43-,48-27-,53-50-,62-59-. The van der Waals surface area contributed by atoms with Crippen molar-refractivity contribution in [1.82, 2.24) is 0 Å². The highest BCUT2D eigenvalue weighted by atomic mass is 16.6. The summed E-state index contributed by atoms with van der Waals surface area (Å²) < 4.78 is 16.8. The average molecular weight is 1140 g/mol. The van der Waals surface area contributed by atoms with E-state index in [4.69, 9.17) is 14.2 Å². The molecule has 0 fully saturated rings. The molecule has 0 saturated carbocycles. The van der Waals surface area contributed by atoms with Crippen LogP contribution < -0.4 is 0 Å². The first-order valence-electron chi connectivity index (χ1n) is 32.9. The predicted molar refractivity (Wildman–Crippen MR) is 361 cm³/mol. The van der Waals surface area contributed by atoms with Gasteiger partial charge in [0.15, 0.2) is 6.10 Å². The van der Waals surface area contributed by atoms with Crippen LogP contribution in [0.15, 0.2) is 194 Å². The molecule has 0 amide bonds. The van der Waals surface area contributed by atoms with Crippen molar-refractivity contribution in [2.24, 2.45) is 0 Å². The molecule has 0 radical (unpaired) electrons. The summed E-state index contributed by atoms with van der Waals surface area (Å²) in [5.74, 6) is -1.01. The summed E-state index contributed by atoms with van der Waals surface area (Å²) in [5, 5.41) is 0. The summed E-state index contributed by atoms with van der Waals surface area (Å²) in [6, 6.07) is 0. The number of allylic oxidation sites excluding steroid dienone is 32. The highest BCUT2D eigenvalue weighted by Gasteiger charge is 2.19. The van der Waals surface area contributed by atoms with E-state index in [1.807, 2.05) is 0 Å². The average Bonchev–Trinajstić information content (AvgIpc) is 3.49. The van der Waals surface area contributed by atoms with E-state index in [2.05, 4.69) is 215 Å². The Kier molecular flexibility index (Phi) is 64.0. The Morgan fingerprint density at radius 2 is 0.446 bits per heavy atom. The van der Waals surface area contributed by atoms with Crippen LogP contribution in [0.4, 0.5) is 0 Å². The third-order valence-corrected chi connectivity index (χ3v) is 13.1. The molecule has 0 aromatic rings. The van der Waals surface area contributed by atoms with Crippen molar-refractivity contribution < 1.29 is 28.6 Å². The molecule has 6 heteroatoms. The molecular formula is C77H118O6. The molecule has 0 rings (SSSR count). The Bertz CT molecular complexity index is 1990. The molecule has 1 atom stereocenters. The maximum Gasteiger partial charge on any atom is 0.306 e. The molecule has 0 aromatic heterocycles. The molecule has 0 heterocycles. The van der Waals surface area contributed by atoms with Gasteiger partial charge >= 0.3 is 17.9 Å². The van der Waals surface area contributed by atoms with Crippen LogP contribution in [0.1, 0.15) is 252 Å². The number of ether oxygens (including phenoxy) is 3. The summed E-state index contributed by atoms with van der Waals surface area (Å²) in [4.78, 5) is 38.3. The van der Waals surface area contributed by atoms with Gasteiger partial charge in [-0.15, -0.1) is 0 Å². The SMILES string of the molecule is CC/C=C\C/C=C\C/C=C\C/C=C\C/C=C\C/C=C\C/C=C\C/C=C\CCCCCCCCCCC(=O)OCC(COC(=O)CCCCCCC/C=C\C/C=C\C/C=C\CC)OC(=O)CCC/C=C\C/C=C\C/C=C\C/C=C\C/C=C\CC. The summed E-state index contributed by atoms with van der Waals surface area (Å²) in [6.45, 7) is 6.22. The maximum atomic E-state index is 12.9. The lowest BCUT2D eigenvalue weighted by Crippen LogP contribution is -2.30. The summed E-state index contributed by atoms with van der Waals surface area (Å²) in [6.07, 6.45) is 104. The lowest BCUT2D eigenvalue weighted by atomic mass is 10.1. The fourth-order valence-corrected chi connectivity index (χ4v) is 8.27. The van der Waals surface area contributed by atoms with E-state index in [1.54, 1.807) is 0 Å². The van der Waals surface area contributed by atoms with Gasteiger partial charge < -0.3 is 14.2 Å². The second-order valence-electron chi connectivity index (χ2n) is 20.9. The predicted octanol–water partition coefficient (Wildman–Crippen LogP) is 23.0. The number of esters is 3. The first-order valence-corrected chi connectivity index (χ1v) is 32.9. The third-order valence-electron chi connectivity index (χ3n) is 13.1. The molecule has 0 aliphatic carbocycles. The summed E-state index contributed by atoms with van der Waals surface area (Å²) in [7, 11) is 0. The van der Waals surface area contributed by atoms with E-state index in [-0.39, 0.29) is 37.5 Å². The third kappa shape index (κ3) is 66.9. The molecule has 0 spiro atoms. The largest absolute Gasteiger partial charge is 0.462 e. The van der Waals surface area contributed by atoms with Gasteiger partial charge in [-0.25, -0.2) is 0 Å². The zero-order valence-electron chi connectivity index (χ0n) is 52.9. The lowest BCUT2D eigenvalue weighted by Gasteiger charge is -2.18. The molecule has 0 bridgehead atoms. The number of hydrogen-bond acceptors (Lipinski definition) is 6. The van der Waals surface area contributed by atoms with Crippen LogP contribution in [0.5, 0.6) is 0 Å². The van der Waals surface area contributed by atoms with Crippen LogP contribution in [0.2, 0.25) is 0 Å². The minimum atomic E-state index is -0.831. The minimum Gasteiger partial charge on any atom is -0.462 e. The summed E-state index contributed by atoms with van der Waals surface area (Å²) in [5.41, 5.74) is 0. The molecular weight excluding hydrogens is 1020 g/mol. The number of carbonyl (C=O) groups is 3. The fourth-order valence-electron chi connectivity index (χ4n) is 8.27. The van der Waals surface area contributed by atoms with Crippen molar-refractivity contribution in [3.05, 3.63) is 194 Å². The molecule has 0 saturated heterocycles. The van der Waals surface area contributed by atoms with Gasteiger partial charge in [0.25, 0.3) is 0 Å². The van der Waals surface area contributed by atoms with E-state index in [1.165, 1.54) is 32.1 Å². The zero-order chi connectivity index (χ0) is 59.9. The fraction of sp³-hybridized carbons (Fsp3) is 0.545. The quantitative estimate of drug-likeness (QED) is 0.0261. The normalized spacial score (nSPS) is 13.4. The Morgan fingerprint density at radius 1 is 0.241 bits per heavy atom. The molecule has 1 unspecified atom stereocenters. The van der Waals surface area contributed by atoms with Crippen LogP contribution >= 0.6 is 0 Å². The first-order chi connectivity index (χ1) is 41.0. The van der Waals surface area contributed by atoms with Crippen LogP contribution in [0, 0.1) is 0 Å². The van der Waals surface area contributed by atoms with Crippen molar-refractivity contribution in [3.63, 3.8) is 0 Å². The minimum absolute atomic E-state index is 0.120. The second-order valence-corrected chi connectivity index (χ2v) is 20.9. The van der Waals surface area contributed by atoms with Gasteiger partial charge in [-0.3, -0.25) is 14.4 Å². The van der Waals surface area contributed by atoms with Crippen LogP contribution in [0.3, 0.4) is 0 Å². The van der Waals surface area contributed by atoms with Crippen molar-refractivity contribution in [3.8, 4) is 0 Å². The van der Waals surface area contributed by atoms with E-state index >= 15 is 0 Å². The number of hydrogen-bond donors (Lipinski definition) is 0. The molecule has 83 heavy (non-hydrogen) atoms. The van der Waals surface area contributed by atoms with Crippen molar-refractivity contribution in [2.45, 2.75) is 258 Å². The van der Waals surface area contributed by atoms with Gasteiger partial charge in [0.2, 0.25) is 0 Å². The molecule has 0 aromatic carbocycles. The van der Waals surface area contributed by atoms with Crippen LogP contribution in [-0.2, 0) is 28.6 Å². The van der Waals surface area contributed by atoms with Crippen LogP contribution in [0.25, 0.3) is 0 Å². The number of rotatable bonds is 57. The topological polar surface area (TPSA) is 78.9 Å².